The van der Waals surface area contributed by atoms with Gasteiger partial charge in [-0.25, -0.2) is 4.98 Å². The fraction of sp³-hybridized carbons (Fsp3) is 0.375. The Balaban J connectivity index is 1.68. The summed E-state index contributed by atoms with van der Waals surface area (Å²) in [7, 11) is 0. The molecule has 1 N–H and O–H groups in total. The van der Waals surface area contributed by atoms with Gasteiger partial charge in [-0.1, -0.05) is 6.92 Å². The summed E-state index contributed by atoms with van der Waals surface area (Å²) in [5.74, 6) is 0.705. The summed E-state index contributed by atoms with van der Waals surface area (Å²) in [6.07, 6.45) is 4.58. The molecular formula is C16H18N4O2S. The number of non-ortho nitro benzene ring substituents is 1. The number of nitro benzene ring substituents is 1. The van der Waals surface area contributed by atoms with Gasteiger partial charge in [0.2, 0.25) is 5.13 Å². The van der Waals surface area contributed by atoms with Gasteiger partial charge in [0, 0.05) is 28.8 Å². The van der Waals surface area contributed by atoms with Crippen molar-refractivity contribution in [1.29, 1.82) is 0 Å². The second-order valence-electron chi connectivity index (χ2n) is 5.83. The van der Waals surface area contributed by atoms with Gasteiger partial charge >= 0.3 is 0 Å². The van der Waals surface area contributed by atoms with Gasteiger partial charge in [0.25, 0.3) is 5.69 Å². The normalized spacial score (nSPS) is 19.7. The molecular weight excluding hydrogens is 312 g/mol. The largest absolute Gasteiger partial charge is 0.269 e. The Labute approximate surface area is 138 Å². The third-order valence-electron chi connectivity index (χ3n) is 3.93. The van der Waals surface area contributed by atoms with Crippen molar-refractivity contribution in [3.8, 4) is 11.3 Å². The summed E-state index contributed by atoms with van der Waals surface area (Å²) in [6.45, 7) is 2.25. The monoisotopic (exact) mass is 330 g/mol. The van der Waals surface area contributed by atoms with Gasteiger partial charge < -0.3 is 0 Å². The van der Waals surface area contributed by atoms with E-state index in [1.807, 2.05) is 5.38 Å². The van der Waals surface area contributed by atoms with Crippen LogP contribution in [0.3, 0.4) is 0 Å². The van der Waals surface area contributed by atoms with Gasteiger partial charge in [0.1, 0.15) is 0 Å². The molecule has 1 saturated carbocycles. The molecule has 1 heterocycles. The predicted octanol–water partition coefficient (Wildman–Crippen LogP) is 4.70. The Morgan fingerprint density at radius 3 is 2.87 bits per heavy atom. The average Bonchev–Trinajstić information content (AvgIpc) is 3.02. The third kappa shape index (κ3) is 3.92. The molecule has 1 fully saturated rings. The van der Waals surface area contributed by atoms with Crippen molar-refractivity contribution >= 4 is 27.9 Å². The first-order chi connectivity index (χ1) is 11.1. The summed E-state index contributed by atoms with van der Waals surface area (Å²) < 4.78 is 0. The molecule has 3 rings (SSSR count). The Hall–Kier alpha value is -2.28. The highest BCUT2D eigenvalue weighted by Gasteiger charge is 2.14. The molecule has 0 saturated heterocycles. The Bertz CT molecular complexity index is 724. The molecule has 0 unspecified atom stereocenters. The highest BCUT2D eigenvalue weighted by Crippen LogP contribution is 2.27. The Morgan fingerprint density at radius 2 is 2.17 bits per heavy atom. The molecule has 0 bridgehead atoms. The lowest BCUT2D eigenvalue weighted by atomic mass is 9.89. The maximum Gasteiger partial charge on any atom is 0.269 e. The molecule has 1 aliphatic carbocycles. The number of nitrogens with zero attached hydrogens (tertiary/aromatic N) is 3. The van der Waals surface area contributed by atoms with Crippen LogP contribution < -0.4 is 5.43 Å². The van der Waals surface area contributed by atoms with E-state index in [1.54, 1.807) is 12.1 Å². The quantitative estimate of drug-likeness (QED) is 0.651. The zero-order chi connectivity index (χ0) is 16.2. The highest BCUT2D eigenvalue weighted by atomic mass is 32.1. The van der Waals surface area contributed by atoms with Gasteiger partial charge in [-0.15, -0.1) is 11.3 Å². The van der Waals surface area contributed by atoms with Gasteiger partial charge in [-0.2, -0.15) is 5.10 Å². The van der Waals surface area contributed by atoms with Crippen LogP contribution in [0.1, 0.15) is 32.6 Å². The van der Waals surface area contributed by atoms with Crippen molar-refractivity contribution in [1.82, 2.24) is 4.98 Å². The lowest BCUT2D eigenvalue weighted by Crippen LogP contribution is -2.13. The molecule has 1 atom stereocenters. The topological polar surface area (TPSA) is 80.4 Å². The molecule has 2 aromatic rings. The minimum Gasteiger partial charge on any atom is -0.258 e. The summed E-state index contributed by atoms with van der Waals surface area (Å²) in [4.78, 5) is 14.8. The maximum atomic E-state index is 10.7. The molecule has 1 aromatic heterocycles. The molecule has 120 valence electrons. The van der Waals surface area contributed by atoms with E-state index in [2.05, 4.69) is 22.4 Å². The number of hydrazone groups is 1. The highest BCUT2D eigenvalue weighted by molar-refractivity contribution is 7.14. The third-order valence-corrected chi connectivity index (χ3v) is 4.68. The van der Waals surface area contributed by atoms with Crippen molar-refractivity contribution in [2.75, 3.05) is 5.43 Å². The molecule has 1 aliphatic rings. The van der Waals surface area contributed by atoms with E-state index in [0.29, 0.717) is 5.92 Å². The number of hydrogen-bond donors (Lipinski definition) is 1. The van der Waals surface area contributed by atoms with Gasteiger partial charge in [0.05, 0.1) is 10.6 Å². The van der Waals surface area contributed by atoms with E-state index in [4.69, 9.17) is 0 Å². The van der Waals surface area contributed by atoms with Gasteiger partial charge in [-0.3, -0.25) is 15.5 Å². The van der Waals surface area contributed by atoms with Crippen molar-refractivity contribution < 1.29 is 4.92 Å². The van der Waals surface area contributed by atoms with Crippen molar-refractivity contribution in [3.63, 3.8) is 0 Å². The van der Waals surface area contributed by atoms with E-state index < -0.39 is 4.92 Å². The van der Waals surface area contributed by atoms with Crippen LogP contribution in [0, 0.1) is 16.0 Å². The molecule has 23 heavy (non-hydrogen) atoms. The SMILES string of the molecule is C[C@H]1CCC/C(=N\Nc2nc(-c3ccc([N+](=O)[O-])cc3)cs2)C1. The number of anilines is 1. The van der Waals surface area contributed by atoms with Gasteiger partial charge in [-0.05, 0) is 43.7 Å². The number of nitrogens with one attached hydrogen (secondary N) is 1. The van der Waals surface area contributed by atoms with Crippen molar-refractivity contribution in [3.05, 3.63) is 39.8 Å². The zero-order valence-electron chi connectivity index (χ0n) is 12.9. The first-order valence-corrected chi connectivity index (χ1v) is 8.51. The summed E-state index contributed by atoms with van der Waals surface area (Å²) in [5.41, 5.74) is 5.99. The van der Waals surface area contributed by atoms with Crippen molar-refractivity contribution in [2.24, 2.45) is 11.0 Å². The second-order valence-corrected chi connectivity index (χ2v) is 6.69. The fourth-order valence-corrected chi connectivity index (χ4v) is 3.36. The van der Waals surface area contributed by atoms with Crippen LogP contribution >= 0.6 is 11.3 Å². The van der Waals surface area contributed by atoms with Gasteiger partial charge in [0.15, 0.2) is 0 Å². The smallest absolute Gasteiger partial charge is 0.258 e. The average molecular weight is 330 g/mol. The first kappa shape index (κ1) is 15.6. The lowest BCUT2D eigenvalue weighted by Gasteiger charge is -2.18. The fourth-order valence-electron chi connectivity index (χ4n) is 2.70. The van der Waals surface area contributed by atoms with Crippen LogP contribution in [-0.2, 0) is 0 Å². The van der Waals surface area contributed by atoms with E-state index in [1.165, 1.54) is 42.0 Å². The van der Waals surface area contributed by atoms with Crippen LogP contribution in [0.15, 0.2) is 34.7 Å². The Morgan fingerprint density at radius 1 is 1.39 bits per heavy atom. The maximum absolute atomic E-state index is 10.7. The zero-order valence-corrected chi connectivity index (χ0v) is 13.7. The van der Waals surface area contributed by atoms with Crippen LogP contribution in [0.2, 0.25) is 0 Å². The summed E-state index contributed by atoms with van der Waals surface area (Å²) in [6, 6.07) is 6.41. The number of aromatic nitrogens is 1. The second kappa shape index (κ2) is 6.87. The van der Waals surface area contributed by atoms with E-state index in [0.717, 1.165) is 29.2 Å². The number of benzene rings is 1. The van der Waals surface area contributed by atoms with Crippen LogP contribution in [-0.4, -0.2) is 15.6 Å². The number of thiazole rings is 1. The molecule has 7 heteroatoms. The number of rotatable bonds is 4. The molecule has 0 spiro atoms. The minimum absolute atomic E-state index is 0.0835. The van der Waals surface area contributed by atoms with E-state index >= 15 is 0 Å². The molecule has 0 radical (unpaired) electrons. The standard InChI is InChI=1S/C16H18N4O2S/c1-11-3-2-4-13(9-11)18-19-16-17-15(10-23-16)12-5-7-14(8-6-12)20(21)22/h5-8,10-11H,2-4,9H2,1H3,(H,17,19)/b18-13+/t11-/m0/s1. The number of hydrogen-bond acceptors (Lipinski definition) is 6. The Kier molecular flexibility index (Phi) is 4.66. The molecule has 0 aliphatic heterocycles. The summed E-state index contributed by atoms with van der Waals surface area (Å²) >= 11 is 1.48. The number of nitro groups is 1. The molecule has 1 aromatic carbocycles. The minimum atomic E-state index is -0.404. The molecule has 6 nitrogen and oxygen atoms in total. The molecule has 0 amide bonds. The first-order valence-electron chi connectivity index (χ1n) is 7.63. The predicted molar refractivity (Wildman–Crippen MR) is 92.9 cm³/mol. The van der Waals surface area contributed by atoms with Crippen LogP contribution in [0.4, 0.5) is 10.8 Å². The van der Waals surface area contributed by atoms with Crippen LogP contribution in [0.25, 0.3) is 11.3 Å². The van der Waals surface area contributed by atoms with Crippen molar-refractivity contribution in [2.45, 2.75) is 32.6 Å². The van der Waals surface area contributed by atoms with E-state index in [9.17, 15) is 10.1 Å². The van der Waals surface area contributed by atoms with E-state index in [-0.39, 0.29) is 5.69 Å². The lowest BCUT2D eigenvalue weighted by molar-refractivity contribution is -0.384. The van der Waals surface area contributed by atoms with Crippen LogP contribution in [0.5, 0.6) is 0 Å². The summed E-state index contributed by atoms with van der Waals surface area (Å²) in [5, 5.41) is 17.8.